The molecule has 0 spiro atoms. The monoisotopic (exact) mass is 284 g/mol. The lowest BCUT2D eigenvalue weighted by Crippen LogP contribution is -1.99. The highest BCUT2D eigenvalue weighted by atomic mass is 79.9. The fourth-order valence-electron chi connectivity index (χ4n) is 1.42. The first kappa shape index (κ1) is 11.0. The van der Waals surface area contributed by atoms with Crippen molar-refractivity contribution in [2.24, 2.45) is 0 Å². The van der Waals surface area contributed by atoms with Crippen LogP contribution in [-0.2, 0) is 0 Å². The number of benzene rings is 1. The number of fused-ring (bicyclic) bond motifs is 1. The lowest BCUT2D eigenvalue weighted by molar-refractivity contribution is 0.355. The summed E-state index contributed by atoms with van der Waals surface area (Å²) in [6.45, 7) is 0. The van der Waals surface area contributed by atoms with Crippen LogP contribution in [0.25, 0.3) is 11.0 Å². The third-order valence-electron chi connectivity index (χ3n) is 2.20. The van der Waals surface area contributed by atoms with Crippen LogP contribution in [0, 0.1) is 0 Å². The van der Waals surface area contributed by atoms with E-state index in [-0.39, 0.29) is 0 Å². The van der Waals surface area contributed by atoms with Gasteiger partial charge in [0.15, 0.2) is 11.5 Å². The molecule has 1 aromatic carbocycles. The molecule has 4 nitrogen and oxygen atoms in total. The molecular weight excluding hydrogens is 276 g/mol. The first-order valence-corrected chi connectivity index (χ1v) is 5.30. The Morgan fingerprint density at radius 1 is 1.12 bits per heavy atom. The smallest absolute Gasteiger partial charge is 0.350 e. The number of rotatable bonds is 2. The van der Waals surface area contributed by atoms with Crippen LogP contribution in [0.4, 0.5) is 0 Å². The fraction of sp³-hybridized carbons (Fsp3) is 0.182. The summed E-state index contributed by atoms with van der Waals surface area (Å²) >= 11 is 3.12. The predicted molar refractivity (Wildman–Crippen MR) is 63.3 cm³/mol. The first-order chi connectivity index (χ1) is 7.65. The number of hydrogen-bond donors (Lipinski definition) is 0. The van der Waals surface area contributed by atoms with E-state index in [0.29, 0.717) is 21.6 Å². The lowest BCUT2D eigenvalue weighted by atomic mass is 10.2. The normalized spacial score (nSPS) is 10.4. The Balaban J connectivity index is 2.78. The second-order valence-electron chi connectivity index (χ2n) is 3.13. The maximum Gasteiger partial charge on any atom is 0.350 e. The van der Waals surface area contributed by atoms with E-state index in [1.807, 2.05) is 0 Å². The lowest BCUT2D eigenvalue weighted by Gasteiger charge is -2.08. The van der Waals surface area contributed by atoms with E-state index < -0.39 is 5.63 Å². The Hall–Kier alpha value is -1.49. The summed E-state index contributed by atoms with van der Waals surface area (Å²) in [5.41, 5.74) is 0.0468. The second kappa shape index (κ2) is 4.17. The molecule has 0 saturated carbocycles. The Bertz CT molecular complexity index is 588. The van der Waals surface area contributed by atoms with Gasteiger partial charge in [-0.3, -0.25) is 0 Å². The van der Waals surface area contributed by atoms with E-state index in [4.69, 9.17) is 13.9 Å². The standard InChI is InChI=1S/C11H9BrO4/c1-14-9-4-6-3-7(12)11(13)16-8(6)5-10(9)15-2/h3-5H,1-2H3. The third-order valence-corrected chi connectivity index (χ3v) is 2.75. The molecule has 1 aromatic heterocycles. The molecule has 16 heavy (non-hydrogen) atoms. The van der Waals surface area contributed by atoms with Crippen molar-refractivity contribution < 1.29 is 13.9 Å². The largest absolute Gasteiger partial charge is 0.493 e. The third kappa shape index (κ3) is 1.78. The summed E-state index contributed by atoms with van der Waals surface area (Å²) in [7, 11) is 3.08. The number of methoxy groups -OCH3 is 2. The Kier molecular flexibility index (Phi) is 2.87. The summed E-state index contributed by atoms with van der Waals surface area (Å²) in [6, 6.07) is 5.06. The van der Waals surface area contributed by atoms with Gasteiger partial charge in [0.2, 0.25) is 0 Å². The predicted octanol–water partition coefficient (Wildman–Crippen LogP) is 2.57. The van der Waals surface area contributed by atoms with Gasteiger partial charge < -0.3 is 13.9 Å². The molecule has 1 heterocycles. The van der Waals surface area contributed by atoms with Crippen molar-refractivity contribution in [3.63, 3.8) is 0 Å². The summed E-state index contributed by atoms with van der Waals surface area (Å²) in [6.07, 6.45) is 0. The topological polar surface area (TPSA) is 48.7 Å². The molecule has 2 rings (SSSR count). The van der Waals surface area contributed by atoms with Gasteiger partial charge in [0.1, 0.15) is 10.1 Å². The molecule has 0 aliphatic rings. The van der Waals surface area contributed by atoms with E-state index in [2.05, 4.69) is 15.9 Å². The fourth-order valence-corrected chi connectivity index (χ4v) is 1.75. The van der Waals surface area contributed by atoms with Crippen LogP contribution in [0.1, 0.15) is 0 Å². The van der Waals surface area contributed by atoms with Crippen molar-refractivity contribution in [2.75, 3.05) is 14.2 Å². The zero-order valence-electron chi connectivity index (χ0n) is 8.74. The minimum atomic E-state index is -0.417. The summed E-state index contributed by atoms with van der Waals surface area (Å²) in [5, 5.41) is 0.768. The van der Waals surface area contributed by atoms with Crippen LogP contribution in [0.15, 0.2) is 31.9 Å². The molecule has 0 aliphatic carbocycles. The van der Waals surface area contributed by atoms with E-state index in [1.165, 1.54) is 7.11 Å². The minimum Gasteiger partial charge on any atom is -0.493 e. The van der Waals surface area contributed by atoms with Crippen molar-refractivity contribution in [3.8, 4) is 11.5 Å². The van der Waals surface area contributed by atoms with Crippen molar-refractivity contribution in [1.29, 1.82) is 0 Å². The number of halogens is 1. The molecule has 0 fully saturated rings. The minimum absolute atomic E-state index is 0.382. The van der Waals surface area contributed by atoms with Crippen molar-refractivity contribution in [3.05, 3.63) is 33.1 Å². The molecule has 0 bridgehead atoms. The van der Waals surface area contributed by atoms with Gasteiger partial charge in [0.25, 0.3) is 0 Å². The number of hydrogen-bond acceptors (Lipinski definition) is 4. The van der Waals surface area contributed by atoms with Gasteiger partial charge in [-0.25, -0.2) is 4.79 Å². The Morgan fingerprint density at radius 2 is 1.75 bits per heavy atom. The van der Waals surface area contributed by atoms with Crippen molar-refractivity contribution >= 4 is 26.9 Å². The van der Waals surface area contributed by atoms with Crippen molar-refractivity contribution in [2.45, 2.75) is 0 Å². The van der Waals surface area contributed by atoms with Crippen LogP contribution >= 0.6 is 15.9 Å². The second-order valence-corrected chi connectivity index (χ2v) is 3.98. The quantitative estimate of drug-likeness (QED) is 0.796. The Morgan fingerprint density at radius 3 is 2.38 bits per heavy atom. The van der Waals surface area contributed by atoms with Crippen LogP contribution in [0.2, 0.25) is 0 Å². The summed E-state index contributed by atoms with van der Waals surface area (Å²) in [5.74, 6) is 1.12. The van der Waals surface area contributed by atoms with E-state index in [1.54, 1.807) is 25.3 Å². The van der Waals surface area contributed by atoms with Gasteiger partial charge in [-0.15, -0.1) is 0 Å². The molecule has 0 saturated heterocycles. The summed E-state index contributed by atoms with van der Waals surface area (Å²) < 4.78 is 15.7. The highest BCUT2D eigenvalue weighted by molar-refractivity contribution is 9.10. The molecular formula is C11H9BrO4. The van der Waals surface area contributed by atoms with Gasteiger partial charge >= 0.3 is 5.63 Å². The number of ether oxygens (including phenoxy) is 2. The molecule has 0 radical (unpaired) electrons. The molecule has 2 aromatic rings. The van der Waals surface area contributed by atoms with E-state index in [0.717, 1.165) is 5.39 Å². The van der Waals surface area contributed by atoms with Gasteiger partial charge in [0, 0.05) is 11.5 Å². The molecule has 0 atom stereocenters. The van der Waals surface area contributed by atoms with Gasteiger partial charge in [-0.1, -0.05) is 0 Å². The Labute approximate surface area is 99.9 Å². The van der Waals surface area contributed by atoms with Gasteiger partial charge in [0.05, 0.1) is 14.2 Å². The van der Waals surface area contributed by atoms with E-state index >= 15 is 0 Å². The van der Waals surface area contributed by atoms with Gasteiger partial charge in [-0.2, -0.15) is 0 Å². The average Bonchev–Trinajstić information content (AvgIpc) is 2.29. The first-order valence-electron chi connectivity index (χ1n) is 4.51. The maximum atomic E-state index is 11.3. The zero-order valence-corrected chi connectivity index (χ0v) is 10.3. The molecule has 5 heteroatoms. The summed E-state index contributed by atoms with van der Waals surface area (Å²) in [4.78, 5) is 11.3. The molecule has 0 aliphatic heterocycles. The van der Waals surface area contributed by atoms with E-state index in [9.17, 15) is 4.79 Å². The molecule has 0 N–H and O–H groups in total. The maximum absolute atomic E-state index is 11.3. The SMILES string of the molecule is COc1cc2cc(Br)c(=O)oc2cc1OC. The average molecular weight is 285 g/mol. The highest BCUT2D eigenvalue weighted by Crippen LogP contribution is 2.32. The zero-order chi connectivity index (χ0) is 11.7. The van der Waals surface area contributed by atoms with Crippen LogP contribution < -0.4 is 15.1 Å². The van der Waals surface area contributed by atoms with Gasteiger partial charge in [-0.05, 0) is 28.1 Å². The van der Waals surface area contributed by atoms with Crippen LogP contribution in [-0.4, -0.2) is 14.2 Å². The molecule has 0 amide bonds. The van der Waals surface area contributed by atoms with Crippen LogP contribution in [0.3, 0.4) is 0 Å². The highest BCUT2D eigenvalue weighted by Gasteiger charge is 2.09. The molecule has 0 unspecified atom stereocenters. The van der Waals surface area contributed by atoms with Crippen LogP contribution in [0.5, 0.6) is 11.5 Å². The van der Waals surface area contributed by atoms with Crippen molar-refractivity contribution in [1.82, 2.24) is 0 Å². The molecule has 84 valence electrons.